The molecule has 2 rings (SSSR count). The highest BCUT2D eigenvalue weighted by molar-refractivity contribution is 8.22. The van der Waals surface area contributed by atoms with Gasteiger partial charge in [0.1, 0.15) is 11.5 Å². The summed E-state index contributed by atoms with van der Waals surface area (Å²) in [5.74, 6) is 3.81. The zero-order chi connectivity index (χ0) is 23.6. The molecule has 1 N–H and O–H groups in total. The molecule has 1 heterocycles. The highest BCUT2D eigenvalue weighted by Crippen LogP contribution is 2.51. The van der Waals surface area contributed by atoms with E-state index in [0.29, 0.717) is 36.0 Å². The first kappa shape index (κ1) is 27.3. The van der Waals surface area contributed by atoms with Crippen molar-refractivity contribution in [2.75, 3.05) is 31.0 Å². The first-order valence-electron chi connectivity index (χ1n) is 11.2. The van der Waals surface area contributed by atoms with E-state index in [1.165, 1.54) is 14.0 Å². The molecule has 0 saturated carbocycles. The van der Waals surface area contributed by atoms with Crippen LogP contribution in [0, 0.1) is 0 Å². The molecule has 1 aromatic rings. The molecule has 8 heteroatoms. The molecule has 1 aliphatic rings. The molecule has 0 amide bonds. The maximum Gasteiger partial charge on any atom is 0.305 e. The first-order chi connectivity index (χ1) is 15.3. The summed E-state index contributed by atoms with van der Waals surface area (Å²) in [6, 6.07) is 3.46. The third kappa shape index (κ3) is 8.41. The molecule has 1 saturated heterocycles. The van der Waals surface area contributed by atoms with Crippen LogP contribution in [0.5, 0.6) is 11.5 Å². The molecule has 0 bridgehead atoms. The van der Waals surface area contributed by atoms with E-state index in [2.05, 4.69) is 6.92 Å². The van der Waals surface area contributed by atoms with Crippen molar-refractivity contribution in [3.05, 3.63) is 23.3 Å². The van der Waals surface area contributed by atoms with Gasteiger partial charge in [-0.15, -0.1) is 23.5 Å². The number of thioether (sulfide) groups is 3. The van der Waals surface area contributed by atoms with E-state index >= 15 is 0 Å². The van der Waals surface area contributed by atoms with E-state index in [4.69, 9.17) is 9.47 Å². The van der Waals surface area contributed by atoms with Crippen LogP contribution in [0.4, 0.5) is 0 Å². The Morgan fingerprint density at radius 2 is 2.09 bits per heavy atom. The summed E-state index contributed by atoms with van der Waals surface area (Å²) in [7, 11) is 1.44. The Kier molecular flexibility index (Phi) is 11.6. The Labute approximate surface area is 205 Å². The van der Waals surface area contributed by atoms with Gasteiger partial charge in [0.05, 0.1) is 23.4 Å². The maximum absolute atomic E-state index is 11.7. The number of esters is 1. The average molecular weight is 501 g/mol. The normalized spacial score (nSPS) is 20.3. The fourth-order valence-corrected chi connectivity index (χ4v) is 8.50. The van der Waals surface area contributed by atoms with Gasteiger partial charge >= 0.3 is 5.97 Å². The van der Waals surface area contributed by atoms with Gasteiger partial charge in [-0.25, -0.2) is 0 Å². The van der Waals surface area contributed by atoms with Crippen LogP contribution in [0.3, 0.4) is 0 Å². The van der Waals surface area contributed by atoms with E-state index in [1.807, 2.05) is 48.3 Å². The summed E-state index contributed by atoms with van der Waals surface area (Å²) >= 11 is 6.02. The smallest absolute Gasteiger partial charge is 0.305 e. The molecule has 0 spiro atoms. The van der Waals surface area contributed by atoms with Crippen LogP contribution < -0.4 is 4.74 Å². The Morgan fingerprint density at radius 3 is 2.78 bits per heavy atom. The van der Waals surface area contributed by atoms with Gasteiger partial charge in [-0.3, -0.25) is 9.59 Å². The van der Waals surface area contributed by atoms with E-state index in [9.17, 15) is 14.7 Å². The molecule has 32 heavy (non-hydrogen) atoms. The molecule has 1 aliphatic heterocycles. The number of ether oxygens (including phenoxy) is 2. The van der Waals surface area contributed by atoms with Crippen molar-refractivity contribution < 1.29 is 24.2 Å². The minimum Gasteiger partial charge on any atom is -0.507 e. The Morgan fingerprint density at radius 1 is 1.31 bits per heavy atom. The van der Waals surface area contributed by atoms with E-state index in [0.717, 1.165) is 48.5 Å². The Hall–Kier alpha value is -0.990. The number of Topliss-reactive ketones (excluding diaryl/α,β-unsaturated/α-hetero) is 1. The van der Waals surface area contributed by atoms with Crippen LogP contribution in [0.2, 0.25) is 0 Å². The molecule has 5 nitrogen and oxygen atoms in total. The largest absolute Gasteiger partial charge is 0.507 e. The molecule has 1 fully saturated rings. The molecule has 0 radical (unpaired) electrons. The fraction of sp³-hybridized carbons (Fsp3) is 0.667. The topological polar surface area (TPSA) is 72.8 Å². The SMILES string of the molecule is CCCc1c(OCCCSCC2CSC(C)(CCCC(=O)OC)S2)ccc(C(C)=O)c1O. The van der Waals surface area contributed by atoms with Crippen LogP contribution in [0.15, 0.2) is 12.1 Å². The summed E-state index contributed by atoms with van der Waals surface area (Å²) in [4.78, 5) is 23.0. The van der Waals surface area contributed by atoms with Gasteiger partial charge in [-0.05, 0) is 57.4 Å². The Bertz CT molecular complexity index is 770. The summed E-state index contributed by atoms with van der Waals surface area (Å²) in [6.07, 6.45) is 4.91. The highest BCUT2D eigenvalue weighted by Gasteiger charge is 2.36. The molecule has 2 unspecified atom stereocenters. The molecular weight excluding hydrogens is 464 g/mol. The lowest BCUT2D eigenvalue weighted by Crippen LogP contribution is -2.14. The van der Waals surface area contributed by atoms with Crippen LogP contribution in [-0.2, 0) is 16.0 Å². The van der Waals surface area contributed by atoms with Crippen LogP contribution in [0.1, 0.15) is 68.8 Å². The van der Waals surface area contributed by atoms with Crippen molar-refractivity contribution in [1.82, 2.24) is 0 Å². The number of hydrogen-bond acceptors (Lipinski definition) is 8. The number of benzene rings is 1. The zero-order valence-electron chi connectivity index (χ0n) is 19.6. The quantitative estimate of drug-likeness (QED) is 0.191. The molecule has 180 valence electrons. The number of ketones is 1. The van der Waals surface area contributed by atoms with Crippen molar-refractivity contribution in [3.8, 4) is 11.5 Å². The van der Waals surface area contributed by atoms with Crippen molar-refractivity contribution in [2.45, 2.75) is 68.6 Å². The average Bonchev–Trinajstić information content (AvgIpc) is 3.13. The van der Waals surface area contributed by atoms with Gasteiger partial charge in [-0.1, -0.05) is 13.3 Å². The number of hydrogen-bond donors (Lipinski definition) is 1. The van der Waals surface area contributed by atoms with Gasteiger partial charge in [0, 0.05) is 28.7 Å². The number of phenolic OH excluding ortho intramolecular Hbond substituents is 1. The minimum absolute atomic E-state index is 0.0663. The third-order valence-corrected chi connectivity index (χ3v) is 10.4. The number of aromatic hydroxyl groups is 1. The molecular formula is C24H36O5S3. The summed E-state index contributed by atoms with van der Waals surface area (Å²) < 4.78 is 10.9. The Balaban J connectivity index is 1.68. The van der Waals surface area contributed by atoms with Crippen LogP contribution in [0.25, 0.3) is 0 Å². The molecule has 2 atom stereocenters. The van der Waals surface area contributed by atoms with E-state index in [-0.39, 0.29) is 21.6 Å². The van der Waals surface area contributed by atoms with Crippen molar-refractivity contribution in [2.24, 2.45) is 0 Å². The first-order valence-corrected chi connectivity index (χ1v) is 14.3. The molecule has 0 aromatic heterocycles. The second-order valence-corrected chi connectivity index (χ2v) is 12.9. The standard InChI is InChI=1S/C24H36O5S3/c1-5-8-20-21(11-10-19(17(2)25)23(20)27)29-13-7-14-30-15-18-16-31-24(3,32-18)12-6-9-22(26)28-4/h10-11,18,27H,5-9,12-16H2,1-4H3. The highest BCUT2D eigenvalue weighted by atomic mass is 32.2. The molecule has 1 aromatic carbocycles. The molecule has 0 aliphatic carbocycles. The lowest BCUT2D eigenvalue weighted by atomic mass is 10.0. The summed E-state index contributed by atoms with van der Waals surface area (Å²) in [6.45, 7) is 6.40. The van der Waals surface area contributed by atoms with E-state index in [1.54, 1.807) is 6.07 Å². The van der Waals surface area contributed by atoms with Gasteiger partial charge in [0.15, 0.2) is 5.78 Å². The predicted molar refractivity (Wildman–Crippen MR) is 138 cm³/mol. The predicted octanol–water partition coefficient (Wildman–Crippen LogP) is 5.96. The lowest BCUT2D eigenvalue weighted by Gasteiger charge is -2.22. The van der Waals surface area contributed by atoms with Gasteiger partial charge in [0.2, 0.25) is 0 Å². The zero-order valence-corrected chi connectivity index (χ0v) is 22.1. The number of carbonyl (C=O) groups excluding carboxylic acids is 2. The monoisotopic (exact) mass is 500 g/mol. The third-order valence-electron chi connectivity index (χ3n) is 5.34. The number of carbonyl (C=O) groups is 2. The van der Waals surface area contributed by atoms with Gasteiger partial charge in [-0.2, -0.15) is 11.8 Å². The summed E-state index contributed by atoms with van der Waals surface area (Å²) in [5, 5.41) is 11.1. The van der Waals surface area contributed by atoms with Crippen molar-refractivity contribution >= 4 is 47.0 Å². The van der Waals surface area contributed by atoms with Crippen molar-refractivity contribution in [3.63, 3.8) is 0 Å². The second kappa shape index (κ2) is 13.7. The van der Waals surface area contributed by atoms with Gasteiger partial charge in [0.25, 0.3) is 0 Å². The van der Waals surface area contributed by atoms with Gasteiger partial charge < -0.3 is 14.6 Å². The van der Waals surface area contributed by atoms with Crippen LogP contribution >= 0.6 is 35.3 Å². The minimum atomic E-state index is -0.134. The lowest BCUT2D eigenvalue weighted by molar-refractivity contribution is -0.140. The van der Waals surface area contributed by atoms with E-state index < -0.39 is 0 Å². The maximum atomic E-state index is 11.7. The second-order valence-electron chi connectivity index (χ2n) is 8.14. The number of methoxy groups -OCH3 is 1. The van der Waals surface area contributed by atoms with Crippen LogP contribution in [-0.4, -0.2) is 57.2 Å². The number of rotatable bonds is 14. The van der Waals surface area contributed by atoms with Crippen molar-refractivity contribution in [1.29, 1.82) is 0 Å². The number of phenols is 1. The fourth-order valence-electron chi connectivity index (χ4n) is 3.65. The summed E-state index contributed by atoms with van der Waals surface area (Å²) in [5.41, 5.74) is 1.10.